The lowest BCUT2D eigenvalue weighted by Crippen LogP contribution is -2.09. The van der Waals surface area contributed by atoms with Crippen LogP contribution in [-0.4, -0.2) is 19.7 Å². The lowest BCUT2D eigenvalue weighted by molar-refractivity contribution is 0.785. The van der Waals surface area contributed by atoms with Gasteiger partial charge in [-0.2, -0.15) is 5.10 Å². The van der Waals surface area contributed by atoms with Crippen molar-refractivity contribution in [2.24, 2.45) is 7.05 Å². The van der Waals surface area contributed by atoms with E-state index in [0.29, 0.717) is 10.0 Å². The molecule has 1 unspecified atom stereocenters. The van der Waals surface area contributed by atoms with E-state index in [0.717, 1.165) is 22.4 Å². The lowest BCUT2D eigenvalue weighted by Gasteiger charge is -2.16. The molecular weight excluding hydrogens is 309 g/mol. The standard InChI is InChI=1S/C14H13Cl2N5/c1-8(10-4-3-9(15)5-12(10)16)20-13-11-6-19-21(2)14(11)18-7-17-13/h3-8H,1-2H3,(H,17,18,20). The van der Waals surface area contributed by atoms with Crippen LogP contribution in [0, 0.1) is 0 Å². The van der Waals surface area contributed by atoms with Crippen molar-refractivity contribution in [1.29, 1.82) is 0 Å². The van der Waals surface area contributed by atoms with Crippen molar-refractivity contribution >= 4 is 40.1 Å². The number of nitrogens with one attached hydrogen (secondary N) is 1. The predicted molar refractivity (Wildman–Crippen MR) is 84.8 cm³/mol. The van der Waals surface area contributed by atoms with Gasteiger partial charge in [0.05, 0.1) is 17.6 Å². The molecule has 1 aromatic carbocycles. The molecule has 0 aliphatic carbocycles. The van der Waals surface area contributed by atoms with Crippen LogP contribution in [0.4, 0.5) is 5.82 Å². The molecule has 0 aliphatic rings. The third kappa shape index (κ3) is 2.66. The Labute approximate surface area is 131 Å². The van der Waals surface area contributed by atoms with Crippen molar-refractivity contribution in [1.82, 2.24) is 19.7 Å². The zero-order valence-electron chi connectivity index (χ0n) is 11.5. The van der Waals surface area contributed by atoms with Crippen molar-refractivity contribution in [3.05, 3.63) is 46.3 Å². The van der Waals surface area contributed by atoms with Gasteiger partial charge in [0.25, 0.3) is 0 Å². The maximum Gasteiger partial charge on any atom is 0.163 e. The Balaban J connectivity index is 1.94. The second-order valence-corrected chi connectivity index (χ2v) is 5.60. The number of fused-ring (bicyclic) bond motifs is 1. The highest BCUT2D eigenvalue weighted by Gasteiger charge is 2.14. The summed E-state index contributed by atoms with van der Waals surface area (Å²) in [7, 11) is 1.85. The van der Waals surface area contributed by atoms with Gasteiger partial charge in [-0.3, -0.25) is 4.68 Å². The van der Waals surface area contributed by atoms with Crippen molar-refractivity contribution in [2.45, 2.75) is 13.0 Å². The van der Waals surface area contributed by atoms with Crippen LogP contribution in [0.25, 0.3) is 11.0 Å². The second kappa shape index (κ2) is 5.50. The van der Waals surface area contributed by atoms with Crippen LogP contribution in [0.2, 0.25) is 10.0 Å². The third-order valence-electron chi connectivity index (χ3n) is 3.31. The average Bonchev–Trinajstić information content (AvgIpc) is 2.81. The van der Waals surface area contributed by atoms with E-state index >= 15 is 0 Å². The summed E-state index contributed by atoms with van der Waals surface area (Å²) in [6.07, 6.45) is 3.26. The summed E-state index contributed by atoms with van der Waals surface area (Å²) in [5.74, 6) is 0.728. The Morgan fingerprint density at radius 3 is 2.81 bits per heavy atom. The zero-order chi connectivity index (χ0) is 15.0. The Bertz CT molecular complexity index is 799. The Kier molecular flexibility index (Phi) is 3.69. The summed E-state index contributed by atoms with van der Waals surface area (Å²) >= 11 is 12.2. The first-order valence-electron chi connectivity index (χ1n) is 6.40. The molecule has 3 rings (SSSR count). The molecule has 1 atom stereocenters. The monoisotopic (exact) mass is 321 g/mol. The van der Waals surface area contributed by atoms with E-state index < -0.39 is 0 Å². The summed E-state index contributed by atoms with van der Waals surface area (Å²) < 4.78 is 1.71. The molecule has 0 fully saturated rings. The second-order valence-electron chi connectivity index (χ2n) is 4.76. The molecule has 2 aromatic heterocycles. The number of hydrogen-bond acceptors (Lipinski definition) is 4. The molecule has 0 saturated heterocycles. The molecular formula is C14H13Cl2N5. The highest BCUT2D eigenvalue weighted by Crippen LogP contribution is 2.29. The zero-order valence-corrected chi connectivity index (χ0v) is 13.0. The Morgan fingerprint density at radius 1 is 1.24 bits per heavy atom. The van der Waals surface area contributed by atoms with Crippen LogP contribution in [0.1, 0.15) is 18.5 Å². The number of aryl methyl sites for hydroxylation is 1. The van der Waals surface area contributed by atoms with Gasteiger partial charge in [-0.15, -0.1) is 0 Å². The fourth-order valence-electron chi connectivity index (χ4n) is 2.21. The van der Waals surface area contributed by atoms with Crippen molar-refractivity contribution in [3.8, 4) is 0 Å². The summed E-state index contributed by atoms with van der Waals surface area (Å²) in [5.41, 5.74) is 1.73. The van der Waals surface area contributed by atoms with Crippen LogP contribution in [0.15, 0.2) is 30.7 Å². The van der Waals surface area contributed by atoms with Gasteiger partial charge in [-0.05, 0) is 24.6 Å². The topological polar surface area (TPSA) is 55.6 Å². The molecule has 5 nitrogen and oxygen atoms in total. The van der Waals surface area contributed by atoms with E-state index in [2.05, 4.69) is 20.4 Å². The lowest BCUT2D eigenvalue weighted by atomic mass is 10.1. The molecule has 3 aromatic rings. The molecule has 0 spiro atoms. The van der Waals surface area contributed by atoms with Gasteiger partial charge < -0.3 is 5.32 Å². The molecule has 21 heavy (non-hydrogen) atoms. The molecule has 0 amide bonds. The molecule has 0 radical (unpaired) electrons. The van der Waals surface area contributed by atoms with E-state index in [4.69, 9.17) is 23.2 Å². The molecule has 0 aliphatic heterocycles. The molecule has 0 saturated carbocycles. The van der Waals surface area contributed by atoms with Crippen LogP contribution in [0.3, 0.4) is 0 Å². The van der Waals surface area contributed by atoms with Gasteiger partial charge in [0, 0.05) is 17.1 Å². The Hall–Kier alpha value is -1.85. The number of halogens is 2. The first kappa shape index (κ1) is 14.1. The van der Waals surface area contributed by atoms with E-state index in [1.807, 2.05) is 26.1 Å². The highest BCUT2D eigenvalue weighted by molar-refractivity contribution is 6.35. The summed E-state index contributed by atoms with van der Waals surface area (Å²) in [5, 5.41) is 9.65. The van der Waals surface area contributed by atoms with Gasteiger partial charge >= 0.3 is 0 Å². The number of benzene rings is 1. The van der Waals surface area contributed by atoms with Crippen molar-refractivity contribution < 1.29 is 0 Å². The largest absolute Gasteiger partial charge is 0.363 e. The number of aromatic nitrogens is 4. The van der Waals surface area contributed by atoms with Gasteiger partial charge in [0.2, 0.25) is 0 Å². The maximum absolute atomic E-state index is 6.24. The predicted octanol–water partition coefficient (Wildman–Crippen LogP) is 3.84. The number of hydrogen-bond donors (Lipinski definition) is 1. The van der Waals surface area contributed by atoms with Crippen molar-refractivity contribution in [3.63, 3.8) is 0 Å². The summed E-state index contributed by atoms with van der Waals surface area (Å²) in [4.78, 5) is 8.50. The third-order valence-corrected chi connectivity index (χ3v) is 3.87. The van der Waals surface area contributed by atoms with E-state index in [1.54, 1.807) is 16.9 Å². The quantitative estimate of drug-likeness (QED) is 0.796. The van der Waals surface area contributed by atoms with Crippen molar-refractivity contribution in [2.75, 3.05) is 5.32 Å². The summed E-state index contributed by atoms with van der Waals surface area (Å²) in [6, 6.07) is 5.44. The fourth-order valence-corrected chi connectivity index (χ4v) is 2.78. The van der Waals surface area contributed by atoms with Gasteiger partial charge in [-0.1, -0.05) is 29.3 Å². The van der Waals surface area contributed by atoms with Gasteiger partial charge in [0.15, 0.2) is 5.65 Å². The van der Waals surface area contributed by atoms with E-state index in [-0.39, 0.29) is 6.04 Å². The minimum absolute atomic E-state index is 0.0203. The normalized spacial score (nSPS) is 12.6. The number of rotatable bonds is 3. The molecule has 7 heteroatoms. The number of nitrogens with zero attached hydrogens (tertiary/aromatic N) is 4. The van der Waals surface area contributed by atoms with E-state index in [1.165, 1.54) is 6.33 Å². The fraction of sp³-hybridized carbons (Fsp3) is 0.214. The van der Waals surface area contributed by atoms with Crippen LogP contribution in [-0.2, 0) is 7.05 Å². The number of anilines is 1. The summed E-state index contributed by atoms with van der Waals surface area (Å²) in [6.45, 7) is 2.01. The Morgan fingerprint density at radius 2 is 2.05 bits per heavy atom. The van der Waals surface area contributed by atoms with Gasteiger partial charge in [-0.25, -0.2) is 9.97 Å². The first-order valence-corrected chi connectivity index (χ1v) is 7.16. The van der Waals surface area contributed by atoms with Crippen LogP contribution >= 0.6 is 23.2 Å². The van der Waals surface area contributed by atoms with Crippen LogP contribution in [0.5, 0.6) is 0 Å². The SMILES string of the molecule is CC(Nc1ncnc2c1cnn2C)c1ccc(Cl)cc1Cl. The van der Waals surface area contributed by atoms with E-state index in [9.17, 15) is 0 Å². The molecule has 0 bridgehead atoms. The highest BCUT2D eigenvalue weighted by atomic mass is 35.5. The minimum atomic E-state index is -0.0203. The average molecular weight is 322 g/mol. The first-order chi connectivity index (χ1) is 10.1. The van der Waals surface area contributed by atoms with Crippen LogP contribution < -0.4 is 5.32 Å². The smallest absolute Gasteiger partial charge is 0.163 e. The maximum atomic E-state index is 6.24. The molecule has 1 N–H and O–H groups in total. The molecule has 2 heterocycles. The minimum Gasteiger partial charge on any atom is -0.363 e. The van der Waals surface area contributed by atoms with Gasteiger partial charge in [0.1, 0.15) is 12.1 Å². The molecule has 108 valence electrons.